The summed E-state index contributed by atoms with van der Waals surface area (Å²) in [7, 11) is 0. The number of aliphatic carboxylic acids is 1. The Hall–Kier alpha value is -1.62. The first-order chi connectivity index (χ1) is 9.56. The average molecular weight is 293 g/mol. The summed E-state index contributed by atoms with van der Waals surface area (Å²) in [6.07, 6.45) is 5.83. The number of hydrogen-bond acceptors (Lipinski definition) is 3. The third-order valence-corrected chi connectivity index (χ3v) is 4.64. The molecule has 0 spiro atoms. The molecule has 0 saturated heterocycles. The standard InChI is InChI=1S/C15H19NO3S/c1-10-5-6-12(20-10)7-8-14(17)16-9-11-3-2-4-13(11)15(18)19/h5-8,11,13H,2-4,9H2,1H3,(H,16,17)(H,18,19). The molecule has 1 aromatic rings. The normalized spacial score (nSPS) is 22.2. The molecule has 4 nitrogen and oxygen atoms in total. The molecule has 1 heterocycles. The highest BCUT2D eigenvalue weighted by atomic mass is 32.1. The summed E-state index contributed by atoms with van der Waals surface area (Å²) in [4.78, 5) is 25.0. The molecule has 1 amide bonds. The van der Waals surface area contributed by atoms with Crippen molar-refractivity contribution in [1.29, 1.82) is 0 Å². The molecule has 0 bridgehead atoms. The van der Waals surface area contributed by atoms with Crippen molar-refractivity contribution >= 4 is 29.3 Å². The zero-order valence-corrected chi connectivity index (χ0v) is 12.3. The van der Waals surface area contributed by atoms with Gasteiger partial charge in [0.1, 0.15) is 0 Å². The van der Waals surface area contributed by atoms with Crippen molar-refractivity contribution in [3.8, 4) is 0 Å². The Bertz CT molecular complexity index is 521. The third-order valence-electron chi connectivity index (χ3n) is 3.67. The largest absolute Gasteiger partial charge is 0.481 e. The molecular weight excluding hydrogens is 274 g/mol. The highest BCUT2D eigenvalue weighted by Gasteiger charge is 2.32. The Balaban J connectivity index is 1.80. The zero-order chi connectivity index (χ0) is 14.5. The number of thiophene rings is 1. The van der Waals surface area contributed by atoms with Crippen LogP contribution in [-0.4, -0.2) is 23.5 Å². The van der Waals surface area contributed by atoms with Crippen molar-refractivity contribution in [2.24, 2.45) is 11.8 Å². The minimum Gasteiger partial charge on any atom is -0.481 e. The van der Waals surface area contributed by atoms with Crippen molar-refractivity contribution in [2.75, 3.05) is 6.54 Å². The van der Waals surface area contributed by atoms with Gasteiger partial charge in [0.05, 0.1) is 5.92 Å². The van der Waals surface area contributed by atoms with Gasteiger partial charge in [0.25, 0.3) is 0 Å². The first kappa shape index (κ1) is 14.8. The maximum absolute atomic E-state index is 11.7. The van der Waals surface area contributed by atoms with Gasteiger partial charge in [-0.1, -0.05) is 6.42 Å². The van der Waals surface area contributed by atoms with E-state index in [9.17, 15) is 9.59 Å². The zero-order valence-electron chi connectivity index (χ0n) is 11.5. The second-order valence-electron chi connectivity index (χ2n) is 5.16. The minimum atomic E-state index is -0.744. The summed E-state index contributed by atoms with van der Waals surface area (Å²) in [5.41, 5.74) is 0. The molecule has 2 rings (SSSR count). The van der Waals surface area contributed by atoms with Gasteiger partial charge in [0, 0.05) is 22.4 Å². The van der Waals surface area contributed by atoms with Crippen LogP contribution < -0.4 is 5.32 Å². The van der Waals surface area contributed by atoms with Crippen LogP contribution in [0.4, 0.5) is 0 Å². The van der Waals surface area contributed by atoms with Gasteiger partial charge in [-0.15, -0.1) is 11.3 Å². The SMILES string of the molecule is Cc1ccc(C=CC(=O)NCC2CCCC2C(=O)O)s1. The van der Waals surface area contributed by atoms with Gasteiger partial charge in [-0.3, -0.25) is 9.59 Å². The fourth-order valence-corrected chi connectivity index (χ4v) is 3.38. The van der Waals surface area contributed by atoms with Gasteiger partial charge in [-0.25, -0.2) is 0 Å². The molecule has 2 unspecified atom stereocenters. The van der Waals surface area contributed by atoms with E-state index in [4.69, 9.17) is 5.11 Å². The van der Waals surface area contributed by atoms with Crippen molar-refractivity contribution in [2.45, 2.75) is 26.2 Å². The topological polar surface area (TPSA) is 66.4 Å². The summed E-state index contributed by atoms with van der Waals surface area (Å²) < 4.78 is 0. The van der Waals surface area contributed by atoms with Crippen molar-refractivity contribution < 1.29 is 14.7 Å². The molecule has 5 heteroatoms. The molecule has 20 heavy (non-hydrogen) atoms. The average Bonchev–Trinajstić information content (AvgIpc) is 3.02. The molecule has 0 aromatic carbocycles. The molecule has 1 aliphatic carbocycles. The maximum Gasteiger partial charge on any atom is 0.306 e. The van der Waals surface area contributed by atoms with Crippen LogP contribution in [0.3, 0.4) is 0 Å². The monoisotopic (exact) mass is 293 g/mol. The predicted octanol–water partition coefficient (Wildman–Crippen LogP) is 2.69. The fraction of sp³-hybridized carbons (Fsp3) is 0.467. The minimum absolute atomic E-state index is 0.0637. The molecular formula is C15H19NO3S. The number of carbonyl (C=O) groups is 2. The molecule has 0 aliphatic heterocycles. The van der Waals surface area contributed by atoms with Crippen molar-refractivity contribution in [1.82, 2.24) is 5.32 Å². The molecule has 1 saturated carbocycles. The number of carbonyl (C=O) groups excluding carboxylic acids is 1. The van der Waals surface area contributed by atoms with Gasteiger partial charge >= 0.3 is 5.97 Å². The lowest BCUT2D eigenvalue weighted by Gasteiger charge is -2.15. The van der Waals surface area contributed by atoms with Crippen LogP contribution in [0.2, 0.25) is 0 Å². The number of aryl methyl sites for hydroxylation is 1. The number of carboxylic acid groups (broad SMARTS) is 1. The van der Waals surface area contributed by atoms with Crippen LogP contribution in [0.25, 0.3) is 6.08 Å². The summed E-state index contributed by atoms with van der Waals surface area (Å²) in [6, 6.07) is 3.99. The van der Waals surface area contributed by atoms with Gasteiger partial charge in [0.15, 0.2) is 0 Å². The molecule has 1 aliphatic rings. The number of amides is 1. The van der Waals surface area contributed by atoms with Crippen LogP contribution in [0.15, 0.2) is 18.2 Å². The second-order valence-corrected chi connectivity index (χ2v) is 6.48. The van der Waals surface area contributed by atoms with E-state index in [0.717, 1.165) is 24.1 Å². The van der Waals surface area contributed by atoms with Gasteiger partial charge in [-0.2, -0.15) is 0 Å². The Morgan fingerprint density at radius 3 is 2.90 bits per heavy atom. The molecule has 1 aromatic heterocycles. The maximum atomic E-state index is 11.7. The first-order valence-corrected chi connectivity index (χ1v) is 7.63. The first-order valence-electron chi connectivity index (χ1n) is 6.81. The molecule has 1 fully saturated rings. The van der Waals surface area contributed by atoms with E-state index in [1.165, 1.54) is 11.0 Å². The lowest BCUT2D eigenvalue weighted by molar-refractivity contribution is -0.143. The number of carboxylic acids is 1. The van der Waals surface area contributed by atoms with Crippen LogP contribution in [0, 0.1) is 18.8 Å². The molecule has 2 atom stereocenters. The highest BCUT2D eigenvalue weighted by molar-refractivity contribution is 7.12. The van der Waals surface area contributed by atoms with E-state index >= 15 is 0 Å². The Kier molecular flexibility index (Phi) is 4.95. The lowest BCUT2D eigenvalue weighted by Crippen LogP contribution is -2.32. The van der Waals surface area contributed by atoms with E-state index in [1.54, 1.807) is 17.4 Å². The summed E-state index contributed by atoms with van der Waals surface area (Å²) in [5, 5.41) is 11.9. The van der Waals surface area contributed by atoms with Crippen molar-refractivity contribution in [3.05, 3.63) is 28.0 Å². The number of rotatable bonds is 5. The summed E-state index contributed by atoms with van der Waals surface area (Å²) in [5.74, 6) is -1.15. The second kappa shape index (κ2) is 6.70. The quantitative estimate of drug-likeness (QED) is 0.820. The van der Waals surface area contributed by atoms with Crippen LogP contribution in [0.5, 0.6) is 0 Å². The van der Waals surface area contributed by atoms with E-state index < -0.39 is 5.97 Å². The summed E-state index contributed by atoms with van der Waals surface area (Å²) in [6.45, 7) is 2.47. The predicted molar refractivity (Wildman–Crippen MR) is 79.6 cm³/mol. The molecule has 108 valence electrons. The Morgan fingerprint density at radius 1 is 1.45 bits per heavy atom. The van der Waals surface area contributed by atoms with Crippen LogP contribution >= 0.6 is 11.3 Å². The van der Waals surface area contributed by atoms with E-state index in [-0.39, 0.29) is 17.7 Å². The Morgan fingerprint density at radius 2 is 2.25 bits per heavy atom. The van der Waals surface area contributed by atoms with Gasteiger partial charge in [0.2, 0.25) is 5.91 Å². The van der Waals surface area contributed by atoms with Crippen LogP contribution in [-0.2, 0) is 9.59 Å². The van der Waals surface area contributed by atoms with E-state index in [1.807, 2.05) is 19.1 Å². The molecule has 0 radical (unpaired) electrons. The third kappa shape index (κ3) is 3.93. The molecule has 2 N–H and O–H groups in total. The smallest absolute Gasteiger partial charge is 0.306 e. The summed E-state index contributed by atoms with van der Waals surface area (Å²) >= 11 is 1.63. The lowest BCUT2D eigenvalue weighted by atomic mass is 9.96. The van der Waals surface area contributed by atoms with Crippen LogP contribution in [0.1, 0.15) is 29.0 Å². The van der Waals surface area contributed by atoms with E-state index in [2.05, 4.69) is 5.32 Å². The fourth-order valence-electron chi connectivity index (χ4n) is 2.60. The van der Waals surface area contributed by atoms with Gasteiger partial charge in [-0.05, 0) is 43.9 Å². The van der Waals surface area contributed by atoms with E-state index in [0.29, 0.717) is 6.54 Å². The van der Waals surface area contributed by atoms with Crippen molar-refractivity contribution in [3.63, 3.8) is 0 Å². The number of nitrogens with one attached hydrogen (secondary N) is 1. The highest BCUT2D eigenvalue weighted by Crippen LogP contribution is 2.31. The number of hydrogen-bond donors (Lipinski definition) is 2. The Labute approximate surface area is 122 Å². The van der Waals surface area contributed by atoms with Gasteiger partial charge < -0.3 is 10.4 Å².